The van der Waals surface area contributed by atoms with Gasteiger partial charge in [0.25, 0.3) is 11.8 Å². The lowest BCUT2D eigenvalue weighted by Crippen LogP contribution is -2.49. The van der Waals surface area contributed by atoms with Crippen LogP contribution >= 0.6 is 11.6 Å². The number of amides is 2. The van der Waals surface area contributed by atoms with Crippen LogP contribution in [-0.2, 0) is 11.2 Å². The Morgan fingerprint density at radius 3 is 2.88 bits per heavy atom. The Hall–Kier alpha value is -3.59. The van der Waals surface area contributed by atoms with Crippen LogP contribution in [0.15, 0.2) is 48.5 Å². The Kier molecular flexibility index (Phi) is 7.09. The number of hydrogen-bond donors (Lipinski definition) is 3. The van der Waals surface area contributed by atoms with Gasteiger partial charge in [0.05, 0.1) is 5.69 Å². The number of nitrogens with one attached hydrogen (secondary N) is 3. The van der Waals surface area contributed by atoms with Crippen molar-refractivity contribution in [2.24, 2.45) is 0 Å². The van der Waals surface area contributed by atoms with Crippen LogP contribution in [0.25, 0.3) is 0 Å². The van der Waals surface area contributed by atoms with Gasteiger partial charge in [0.1, 0.15) is 24.2 Å². The van der Waals surface area contributed by atoms with Crippen LogP contribution < -0.4 is 20.3 Å². The molecule has 3 aromatic rings. The van der Waals surface area contributed by atoms with E-state index in [1.165, 1.54) is 4.90 Å². The van der Waals surface area contributed by atoms with E-state index >= 15 is 0 Å². The summed E-state index contributed by atoms with van der Waals surface area (Å²) >= 11 is 5.73. The lowest BCUT2D eigenvalue weighted by atomic mass is 10.1. The summed E-state index contributed by atoms with van der Waals surface area (Å²) in [6.45, 7) is 0.727. The van der Waals surface area contributed by atoms with Gasteiger partial charge in [0, 0.05) is 31.6 Å². The number of rotatable bonds is 8. The number of ether oxygens (including phenoxy) is 1. The Balaban J connectivity index is 1.41. The molecule has 2 aromatic carbocycles. The van der Waals surface area contributed by atoms with Gasteiger partial charge in [-0.2, -0.15) is 0 Å². The maximum Gasteiger partial charge on any atom is 0.291 e. The average Bonchev–Trinajstić information content (AvgIpc) is 3.26. The Morgan fingerprint density at radius 2 is 2.09 bits per heavy atom. The van der Waals surface area contributed by atoms with Crippen LogP contribution in [0.1, 0.15) is 28.4 Å². The van der Waals surface area contributed by atoms with Gasteiger partial charge in [-0.3, -0.25) is 14.7 Å². The highest BCUT2D eigenvalue weighted by atomic mass is 35.5. The number of aromatic amines is 1. The van der Waals surface area contributed by atoms with E-state index in [1.54, 1.807) is 13.1 Å². The number of halogens is 1. The number of carbonyl (C=O) groups excluding carboxylic acids is 2. The van der Waals surface area contributed by atoms with Crippen molar-refractivity contribution in [3.8, 4) is 5.75 Å². The molecule has 2 heterocycles. The van der Waals surface area contributed by atoms with Crippen LogP contribution in [0.5, 0.6) is 5.75 Å². The molecule has 172 valence electrons. The Morgan fingerprint density at radius 1 is 1.27 bits per heavy atom. The van der Waals surface area contributed by atoms with E-state index in [1.807, 2.05) is 42.5 Å². The molecule has 1 unspecified atom stereocenters. The monoisotopic (exact) mass is 468 g/mol. The first kappa shape index (κ1) is 22.6. The third-order valence-corrected chi connectivity index (χ3v) is 5.52. The molecule has 10 heteroatoms. The molecule has 0 saturated carbocycles. The molecule has 0 bridgehead atoms. The fraction of sp³-hybridized carbons (Fsp3) is 0.304. The predicted molar refractivity (Wildman–Crippen MR) is 126 cm³/mol. The van der Waals surface area contributed by atoms with Crippen molar-refractivity contribution in [1.82, 2.24) is 20.5 Å². The molecule has 1 aliphatic rings. The van der Waals surface area contributed by atoms with Crippen molar-refractivity contribution in [2.75, 3.05) is 36.3 Å². The van der Waals surface area contributed by atoms with E-state index in [4.69, 9.17) is 16.3 Å². The number of carbonyl (C=O) groups is 2. The SMILES string of the molecule is CN1C(=O)C(NC(=O)c2n[nH]c(Cc3ccccc3)n2)COc2ccc(NCCCCl)cc21. The van der Waals surface area contributed by atoms with E-state index in [0.29, 0.717) is 29.6 Å². The van der Waals surface area contributed by atoms with Gasteiger partial charge in [-0.25, -0.2) is 4.98 Å². The summed E-state index contributed by atoms with van der Waals surface area (Å²) in [4.78, 5) is 31.5. The Bertz CT molecular complexity index is 1120. The van der Waals surface area contributed by atoms with Crippen molar-refractivity contribution < 1.29 is 14.3 Å². The first-order valence-corrected chi connectivity index (χ1v) is 11.2. The lowest BCUT2D eigenvalue weighted by Gasteiger charge is -2.20. The fourth-order valence-corrected chi connectivity index (χ4v) is 3.63. The minimum atomic E-state index is -0.876. The van der Waals surface area contributed by atoms with Crippen molar-refractivity contribution in [2.45, 2.75) is 18.9 Å². The van der Waals surface area contributed by atoms with Crippen LogP contribution in [0.4, 0.5) is 11.4 Å². The minimum absolute atomic E-state index is 0.00221. The standard InChI is InChI=1S/C23H25ClN6O3/c1-30-18-13-16(25-11-5-10-24)8-9-19(18)33-14-17(23(30)32)26-22(31)21-27-20(28-29-21)12-15-6-3-2-4-7-15/h2-4,6-9,13,17,25H,5,10-12,14H2,1H3,(H,26,31)(H,27,28,29). The first-order chi connectivity index (χ1) is 16.0. The maximum atomic E-state index is 13.0. The first-order valence-electron chi connectivity index (χ1n) is 10.7. The van der Waals surface area contributed by atoms with E-state index in [-0.39, 0.29) is 18.3 Å². The number of aromatic nitrogens is 3. The largest absolute Gasteiger partial charge is 0.489 e. The third-order valence-electron chi connectivity index (χ3n) is 5.25. The number of nitrogens with zero attached hydrogens (tertiary/aromatic N) is 3. The molecule has 0 radical (unpaired) electrons. The minimum Gasteiger partial charge on any atom is -0.489 e. The summed E-state index contributed by atoms with van der Waals surface area (Å²) in [6.07, 6.45) is 1.35. The molecule has 1 atom stereocenters. The summed E-state index contributed by atoms with van der Waals surface area (Å²) < 4.78 is 5.83. The second kappa shape index (κ2) is 10.4. The number of hydrogen-bond acceptors (Lipinski definition) is 6. The lowest BCUT2D eigenvalue weighted by molar-refractivity contribution is -0.120. The van der Waals surface area contributed by atoms with E-state index in [0.717, 1.165) is 24.2 Å². The third kappa shape index (κ3) is 5.43. The maximum absolute atomic E-state index is 13.0. The number of likely N-dealkylation sites (N-methyl/N-ethyl adjacent to an activating group) is 1. The molecule has 9 nitrogen and oxygen atoms in total. The second-order valence-corrected chi connectivity index (χ2v) is 8.03. The summed E-state index contributed by atoms with van der Waals surface area (Å²) in [5, 5.41) is 12.7. The van der Waals surface area contributed by atoms with Gasteiger partial charge < -0.3 is 20.3 Å². The number of fused-ring (bicyclic) bond motifs is 1. The smallest absolute Gasteiger partial charge is 0.291 e. The second-order valence-electron chi connectivity index (χ2n) is 7.65. The molecule has 0 aliphatic carbocycles. The fourth-order valence-electron chi connectivity index (χ4n) is 3.50. The molecular formula is C23H25ClN6O3. The zero-order valence-corrected chi connectivity index (χ0v) is 18.9. The van der Waals surface area contributed by atoms with Gasteiger partial charge in [0.2, 0.25) is 5.82 Å². The Labute approximate surface area is 196 Å². The average molecular weight is 469 g/mol. The van der Waals surface area contributed by atoms with Crippen LogP contribution in [0, 0.1) is 0 Å². The zero-order chi connectivity index (χ0) is 23.2. The van der Waals surface area contributed by atoms with Crippen molar-refractivity contribution in [1.29, 1.82) is 0 Å². The number of benzene rings is 2. The van der Waals surface area contributed by atoms with Crippen molar-refractivity contribution >= 4 is 34.8 Å². The summed E-state index contributed by atoms with van der Waals surface area (Å²) in [5.41, 5.74) is 2.52. The topological polar surface area (TPSA) is 112 Å². The van der Waals surface area contributed by atoms with Crippen LogP contribution in [-0.4, -0.2) is 59.1 Å². The molecule has 2 amide bonds. The molecule has 4 rings (SSSR count). The van der Waals surface area contributed by atoms with Gasteiger partial charge in [-0.15, -0.1) is 16.7 Å². The molecule has 0 saturated heterocycles. The van der Waals surface area contributed by atoms with E-state index in [9.17, 15) is 9.59 Å². The summed E-state index contributed by atoms with van der Waals surface area (Å²) in [6, 6.07) is 14.4. The van der Waals surface area contributed by atoms with E-state index < -0.39 is 11.9 Å². The molecule has 33 heavy (non-hydrogen) atoms. The normalized spacial score (nSPS) is 15.4. The molecule has 3 N–H and O–H groups in total. The van der Waals surface area contributed by atoms with Gasteiger partial charge in [-0.05, 0) is 30.2 Å². The highest BCUT2D eigenvalue weighted by Gasteiger charge is 2.31. The number of alkyl halides is 1. The summed E-state index contributed by atoms with van der Waals surface area (Å²) in [7, 11) is 1.66. The van der Waals surface area contributed by atoms with Crippen LogP contribution in [0.3, 0.4) is 0 Å². The van der Waals surface area contributed by atoms with Gasteiger partial charge >= 0.3 is 0 Å². The highest BCUT2D eigenvalue weighted by molar-refractivity contribution is 6.17. The van der Waals surface area contributed by atoms with Crippen LogP contribution in [0.2, 0.25) is 0 Å². The van der Waals surface area contributed by atoms with Crippen molar-refractivity contribution in [3.05, 3.63) is 65.7 Å². The molecule has 1 aromatic heterocycles. The van der Waals surface area contributed by atoms with E-state index in [2.05, 4.69) is 25.8 Å². The quantitative estimate of drug-likeness (QED) is 0.346. The number of anilines is 2. The molecule has 0 spiro atoms. The molecule has 0 fully saturated rings. The highest BCUT2D eigenvalue weighted by Crippen LogP contribution is 2.33. The summed E-state index contributed by atoms with van der Waals surface area (Å²) in [5.74, 6) is 0.834. The predicted octanol–water partition coefficient (Wildman–Crippen LogP) is 2.59. The molecular weight excluding hydrogens is 444 g/mol. The number of H-pyrrole nitrogens is 1. The van der Waals surface area contributed by atoms with Crippen molar-refractivity contribution in [3.63, 3.8) is 0 Å². The van der Waals surface area contributed by atoms with Gasteiger partial charge in [-0.1, -0.05) is 30.3 Å². The zero-order valence-electron chi connectivity index (χ0n) is 18.2. The van der Waals surface area contributed by atoms with Gasteiger partial charge in [0.15, 0.2) is 0 Å². The molecule has 1 aliphatic heterocycles.